The van der Waals surface area contributed by atoms with E-state index in [4.69, 9.17) is 0 Å². The molecule has 1 saturated heterocycles. The highest BCUT2D eigenvalue weighted by atomic mass is 16.2. The van der Waals surface area contributed by atoms with E-state index in [0.717, 1.165) is 32.5 Å². The van der Waals surface area contributed by atoms with Gasteiger partial charge >= 0.3 is 0 Å². The first-order valence-electron chi connectivity index (χ1n) is 7.28. The highest BCUT2D eigenvalue weighted by Gasteiger charge is 2.26. The van der Waals surface area contributed by atoms with Crippen LogP contribution in [0.15, 0.2) is 18.3 Å². The molecule has 1 aliphatic rings. The lowest BCUT2D eigenvalue weighted by Crippen LogP contribution is -2.44. The molecule has 0 aromatic carbocycles. The standard InChI is InChI=1S/C15H24N4O/c1-4-16-14-13(6-5-9-17-14)15(20)19(3)12-7-10-18(2)11-8-12/h5-6,9,12H,4,7-8,10-11H2,1-3H3,(H,16,17). The van der Waals surface area contributed by atoms with E-state index in [1.165, 1.54) is 0 Å². The van der Waals surface area contributed by atoms with Crippen molar-refractivity contribution in [1.29, 1.82) is 0 Å². The molecule has 0 unspecified atom stereocenters. The van der Waals surface area contributed by atoms with E-state index >= 15 is 0 Å². The maximum atomic E-state index is 12.7. The molecule has 1 fully saturated rings. The SMILES string of the molecule is CCNc1ncccc1C(=O)N(C)C1CCN(C)CC1. The number of carbonyl (C=O) groups is 1. The van der Waals surface area contributed by atoms with E-state index in [1.807, 2.05) is 31.0 Å². The first-order chi connectivity index (χ1) is 9.63. The van der Waals surface area contributed by atoms with Crippen LogP contribution < -0.4 is 5.32 Å². The molecular formula is C15H24N4O. The Bertz CT molecular complexity index is 455. The van der Waals surface area contributed by atoms with Crippen LogP contribution in [-0.4, -0.2) is 60.5 Å². The average molecular weight is 276 g/mol. The monoisotopic (exact) mass is 276 g/mol. The highest BCUT2D eigenvalue weighted by molar-refractivity contribution is 5.98. The summed E-state index contributed by atoms with van der Waals surface area (Å²) in [5.41, 5.74) is 0.663. The zero-order valence-electron chi connectivity index (χ0n) is 12.6. The van der Waals surface area contributed by atoms with Gasteiger partial charge in [-0.3, -0.25) is 4.79 Å². The van der Waals surface area contributed by atoms with Crippen molar-refractivity contribution in [1.82, 2.24) is 14.8 Å². The number of hydrogen-bond acceptors (Lipinski definition) is 4. The van der Waals surface area contributed by atoms with Crippen LogP contribution in [0.5, 0.6) is 0 Å². The van der Waals surface area contributed by atoms with Crippen molar-refractivity contribution in [2.75, 3.05) is 39.0 Å². The number of nitrogens with one attached hydrogen (secondary N) is 1. The molecule has 0 radical (unpaired) electrons. The first kappa shape index (κ1) is 14.8. The van der Waals surface area contributed by atoms with Gasteiger partial charge < -0.3 is 15.1 Å². The second-order valence-corrected chi connectivity index (χ2v) is 5.38. The molecule has 20 heavy (non-hydrogen) atoms. The third-order valence-electron chi connectivity index (χ3n) is 3.94. The molecule has 110 valence electrons. The number of piperidine rings is 1. The molecule has 2 rings (SSSR count). The third kappa shape index (κ3) is 3.28. The number of aromatic nitrogens is 1. The van der Waals surface area contributed by atoms with Crippen LogP contribution in [0, 0.1) is 0 Å². The Morgan fingerprint density at radius 3 is 2.85 bits per heavy atom. The number of amides is 1. The van der Waals surface area contributed by atoms with E-state index in [-0.39, 0.29) is 5.91 Å². The van der Waals surface area contributed by atoms with Gasteiger partial charge in [0.15, 0.2) is 0 Å². The molecular weight excluding hydrogens is 252 g/mol. The number of nitrogens with zero attached hydrogens (tertiary/aromatic N) is 3. The van der Waals surface area contributed by atoms with Crippen molar-refractivity contribution in [2.24, 2.45) is 0 Å². The molecule has 1 amide bonds. The smallest absolute Gasteiger partial charge is 0.257 e. The lowest BCUT2D eigenvalue weighted by molar-refractivity contribution is 0.0660. The molecule has 0 spiro atoms. The second-order valence-electron chi connectivity index (χ2n) is 5.38. The van der Waals surface area contributed by atoms with Gasteiger partial charge in [-0.25, -0.2) is 4.98 Å². The summed E-state index contributed by atoms with van der Waals surface area (Å²) in [6.07, 6.45) is 3.79. The van der Waals surface area contributed by atoms with Gasteiger partial charge in [0.25, 0.3) is 5.91 Å². The number of pyridine rings is 1. The van der Waals surface area contributed by atoms with Gasteiger partial charge in [0.1, 0.15) is 5.82 Å². The predicted molar refractivity (Wildman–Crippen MR) is 81.0 cm³/mol. The van der Waals surface area contributed by atoms with Crippen LogP contribution >= 0.6 is 0 Å². The summed E-state index contributed by atoms with van der Waals surface area (Å²) in [5.74, 6) is 0.739. The van der Waals surface area contributed by atoms with E-state index in [0.29, 0.717) is 17.4 Å². The van der Waals surface area contributed by atoms with Crippen LogP contribution in [0.4, 0.5) is 5.82 Å². The molecule has 0 aliphatic carbocycles. The number of anilines is 1. The Balaban J connectivity index is 2.10. The summed E-state index contributed by atoms with van der Waals surface area (Å²) in [4.78, 5) is 21.1. The van der Waals surface area contributed by atoms with Gasteiger partial charge in [0, 0.05) is 25.8 Å². The fourth-order valence-corrected chi connectivity index (χ4v) is 2.62. The van der Waals surface area contributed by atoms with Gasteiger partial charge in [-0.1, -0.05) is 0 Å². The van der Waals surface area contributed by atoms with Crippen molar-refractivity contribution >= 4 is 11.7 Å². The summed E-state index contributed by atoms with van der Waals surface area (Å²) in [6, 6.07) is 3.99. The van der Waals surface area contributed by atoms with Crippen LogP contribution in [0.2, 0.25) is 0 Å². The molecule has 0 saturated carbocycles. The zero-order valence-corrected chi connectivity index (χ0v) is 12.6. The molecule has 2 heterocycles. The van der Waals surface area contributed by atoms with Gasteiger partial charge in [-0.2, -0.15) is 0 Å². The minimum Gasteiger partial charge on any atom is -0.370 e. The third-order valence-corrected chi connectivity index (χ3v) is 3.94. The van der Waals surface area contributed by atoms with Gasteiger partial charge in [0.05, 0.1) is 5.56 Å². The fraction of sp³-hybridized carbons (Fsp3) is 0.600. The van der Waals surface area contributed by atoms with Crippen LogP contribution in [0.25, 0.3) is 0 Å². The highest BCUT2D eigenvalue weighted by Crippen LogP contribution is 2.19. The van der Waals surface area contributed by atoms with Gasteiger partial charge in [0.2, 0.25) is 0 Å². The van der Waals surface area contributed by atoms with Crippen molar-refractivity contribution < 1.29 is 4.79 Å². The Hall–Kier alpha value is -1.62. The molecule has 1 N–H and O–H groups in total. The molecule has 1 aliphatic heterocycles. The lowest BCUT2D eigenvalue weighted by atomic mass is 10.0. The number of likely N-dealkylation sites (tertiary alicyclic amines) is 1. The normalized spacial score (nSPS) is 16.9. The van der Waals surface area contributed by atoms with E-state index in [2.05, 4.69) is 22.2 Å². The summed E-state index contributed by atoms with van der Waals surface area (Å²) < 4.78 is 0. The summed E-state index contributed by atoms with van der Waals surface area (Å²) in [5, 5.41) is 3.16. The minimum atomic E-state index is 0.0589. The molecule has 0 atom stereocenters. The molecule has 0 bridgehead atoms. The molecule has 1 aromatic heterocycles. The predicted octanol–water partition coefficient (Wildman–Crippen LogP) is 1.68. The molecule has 5 heteroatoms. The molecule has 5 nitrogen and oxygen atoms in total. The van der Waals surface area contributed by atoms with Crippen LogP contribution in [0.1, 0.15) is 30.1 Å². The summed E-state index contributed by atoms with van der Waals surface area (Å²) in [7, 11) is 4.03. The Morgan fingerprint density at radius 2 is 2.20 bits per heavy atom. The van der Waals surface area contributed by atoms with Crippen molar-refractivity contribution in [3.05, 3.63) is 23.9 Å². The fourth-order valence-electron chi connectivity index (χ4n) is 2.62. The van der Waals surface area contributed by atoms with Crippen molar-refractivity contribution in [3.63, 3.8) is 0 Å². The number of carbonyl (C=O) groups excluding carboxylic acids is 1. The van der Waals surface area contributed by atoms with E-state index in [1.54, 1.807) is 6.20 Å². The van der Waals surface area contributed by atoms with E-state index < -0.39 is 0 Å². The quantitative estimate of drug-likeness (QED) is 0.909. The Kier molecular flexibility index (Phi) is 4.95. The minimum absolute atomic E-state index is 0.0589. The van der Waals surface area contributed by atoms with E-state index in [9.17, 15) is 4.79 Å². The number of hydrogen-bond donors (Lipinski definition) is 1. The summed E-state index contributed by atoms with van der Waals surface area (Å²) >= 11 is 0. The topological polar surface area (TPSA) is 48.5 Å². The average Bonchev–Trinajstić information content (AvgIpc) is 2.47. The first-order valence-corrected chi connectivity index (χ1v) is 7.28. The number of rotatable bonds is 4. The molecule has 1 aromatic rings. The maximum absolute atomic E-state index is 12.7. The van der Waals surface area contributed by atoms with Gasteiger partial charge in [-0.15, -0.1) is 0 Å². The van der Waals surface area contributed by atoms with Crippen molar-refractivity contribution in [3.8, 4) is 0 Å². The van der Waals surface area contributed by atoms with Crippen molar-refractivity contribution in [2.45, 2.75) is 25.8 Å². The lowest BCUT2D eigenvalue weighted by Gasteiger charge is -2.35. The maximum Gasteiger partial charge on any atom is 0.257 e. The zero-order chi connectivity index (χ0) is 14.5. The largest absolute Gasteiger partial charge is 0.370 e. The second kappa shape index (κ2) is 6.70. The Labute approximate surface area is 121 Å². The van der Waals surface area contributed by atoms with Crippen LogP contribution in [-0.2, 0) is 0 Å². The van der Waals surface area contributed by atoms with Crippen LogP contribution in [0.3, 0.4) is 0 Å². The Morgan fingerprint density at radius 1 is 1.50 bits per heavy atom. The summed E-state index contributed by atoms with van der Waals surface area (Å²) in [6.45, 7) is 4.86. The van der Waals surface area contributed by atoms with Gasteiger partial charge in [-0.05, 0) is 52.0 Å².